The van der Waals surface area contributed by atoms with Gasteiger partial charge in [0.05, 0.1) is 5.54 Å². The van der Waals surface area contributed by atoms with Crippen LogP contribution in [-0.4, -0.2) is 33.1 Å². The number of hydrogen-bond donors (Lipinski definition) is 2. The first kappa shape index (κ1) is 22.5. The van der Waals surface area contributed by atoms with Crippen molar-refractivity contribution in [2.45, 2.75) is 65.3 Å². The maximum atomic E-state index is 13.0. The Morgan fingerprint density at radius 3 is 2.44 bits per heavy atom. The van der Waals surface area contributed by atoms with Crippen LogP contribution in [0.5, 0.6) is 0 Å². The Balaban J connectivity index is 1.58. The lowest BCUT2D eigenvalue weighted by Crippen LogP contribution is -2.31. The van der Waals surface area contributed by atoms with Crippen molar-refractivity contribution in [2.75, 3.05) is 11.9 Å². The summed E-state index contributed by atoms with van der Waals surface area (Å²) in [7, 11) is 0. The Bertz CT molecular complexity index is 1120. The maximum absolute atomic E-state index is 13.0. The number of aromatic nitrogens is 3. The Kier molecular flexibility index (Phi) is 6.33. The van der Waals surface area contributed by atoms with E-state index in [2.05, 4.69) is 20.7 Å². The third-order valence-electron chi connectivity index (χ3n) is 5.89. The molecule has 0 aliphatic heterocycles. The molecule has 0 unspecified atom stereocenters. The van der Waals surface area contributed by atoms with Gasteiger partial charge in [-0.05, 0) is 58.6 Å². The van der Waals surface area contributed by atoms with Crippen molar-refractivity contribution in [3.05, 3.63) is 41.1 Å². The van der Waals surface area contributed by atoms with Crippen LogP contribution in [0.4, 0.5) is 5.13 Å². The molecule has 2 N–H and O–H groups in total. The molecule has 8 heteroatoms. The van der Waals surface area contributed by atoms with Crippen LogP contribution in [-0.2, 0) is 5.54 Å². The van der Waals surface area contributed by atoms with Gasteiger partial charge in [-0.25, -0.2) is 4.68 Å². The van der Waals surface area contributed by atoms with Crippen molar-refractivity contribution >= 4 is 38.6 Å². The van der Waals surface area contributed by atoms with E-state index in [1.54, 1.807) is 16.8 Å². The van der Waals surface area contributed by atoms with Crippen LogP contribution in [0.25, 0.3) is 10.3 Å². The minimum absolute atomic E-state index is 0.177. The Morgan fingerprint density at radius 1 is 1.09 bits per heavy atom. The first-order valence-corrected chi connectivity index (χ1v) is 12.1. The molecular formula is C24H31N5O2S. The molecule has 1 saturated carbocycles. The van der Waals surface area contributed by atoms with Crippen LogP contribution >= 0.6 is 11.3 Å². The summed E-state index contributed by atoms with van der Waals surface area (Å²) in [6, 6.07) is 7.39. The molecule has 3 aromatic rings. The molecule has 2 aromatic heterocycles. The third-order valence-corrected chi connectivity index (χ3v) is 6.85. The summed E-state index contributed by atoms with van der Waals surface area (Å²) >= 11 is 1.29. The zero-order valence-corrected chi connectivity index (χ0v) is 20.0. The lowest BCUT2D eigenvalue weighted by Gasteiger charge is -2.21. The fourth-order valence-corrected chi connectivity index (χ4v) is 4.98. The molecule has 2 heterocycles. The minimum Gasteiger partial charge on any atom is -0.350 e. The topological polar surface area (TPSA) is 88.9 Å². The number of hydrogen-bond acceptors (Lipinski definition) is 5. The molecule has 4 rings (SSSR count). The number of fused-ring (bicyclic) bond motifs is 1. The number of rotatable bonds is 5. The fraction of sp³-hybridized carbons (Fsp3) is 0.500. The van der Waals surface area contributed by atoms with E-state index in [-0.39, 0.29) is 17.4 Å². The second-order valence-electron chi connectivity index (χ2n) is 9.64. The summed E-state index contributed by atoms with van der Waals surface area (Å²) in [5, 5.41) is 11.0. The van der Waals surface area contributed by atoms with E-state index >= 15 is 0 Å². The van der Waals surface area contributed by atoms with Crippen LogP contribution < -0.4 is 10.6 Å². The van der Waals surface area contributed by atoms with Crippen LogP contribution in [0.15, 0.2) is 24.3 Å². The van der Waals surface area contributed by atoms with Gasteiger partial charge >= 0.3 is 0 Å². The Morgan fingerprint density at radius 2 is 1.78 bits per heavy atom. The molecule has 0 radical (unpaired) electrons. The lowest BCUT2D eigenvalue weighted by atomic mass is 9.89. The molecular weight excluding hydrogens is 422 g/mol. The number of nitrogens with zero attached hydrogens (tertiary/aromatic N) is 3. The molecule has 0 spiro atoms. The number of carbonyl (C=O) groups is 2. The molecule has 0 atom stereocenters. The predicted octanol–water partition coefficient (Wildman–Crippen LogP) is 5.12. The number of benzene rings is 1. The van der Waals surface area contributed by atoms with E-state index in [1.165, 1.54) is 43.4 Å². The van der Waals surface area contributed by atoms with Gasteiger partial charge in [0, 0.05) is 12.1 Å². The highest BCUT2D eigenvalue weighted by Gasteiger charge is 2.27. The van der Waals surface area contributed by atoms with Gasteiger partial charge in [0.15, 0.2) is 16.5 Å². The van der Waals surface area contributed by atoms with Crippen LogP contribution in [0.3, 0.4) is 0 Å². The van der Waals surface area contributed by atoms with Gasteiger partial charge in [0.2, 0.25) is 0 Å². The molecule has 1 aromatic carbocycles. The van der Waals surface area contributed by atoms with E-state index in [9.17, 15) is 9.59 Å². The quantitative estimate of drug-likeness (QED) is 0.561. The second kappa shape index (κ2) is 9.02. The molecule has 32 heavy (non-hydrogen) atoms. The number of carbonyl (C=O) groups excluding carboxylic acids is 2. The Labute approximate surface area is 192 Å². The summed E-state index contributed by atoms with van der Waals surface area (Å²) in [6.45, 7) is 8.72. The first-order chi connectivity index (χ1) is 15.2. The van der Waals surface area contributed by atoms with Crippen molar-refractivity contribution in [1.82, 2.24) is 20.1 Å². The molecule has 1 aliphatic carbocycles. The van der Waals surface area contributed by atoms with Crippen molar-refractivity contribution in [3.8, 4) is 0 Å². The average molecular weight is 454 g/mol. The van der Waals surface area contributed by atoms with Crippen LogP contribution in [0, 0.1) is 12.8 Å². The molecule has 7 nitrogen and oxygen atoms in total. The SMILES string of the molecule is Cc1ccc(C(=O)Nc2nc3c(s2)c(C(=O)NCC2CCCCC2)nn3C(C)(C)C)cc1. The number of amides is 2. The predicted molar refractivity (Wildman–Crippen MR) is 128 cm³/mol. The van der Waals surface area contributed by atoms with Gasteiger partial charge in [-0.15, -0.1) is 0 Å². The van der Waals surface area contributed by atoms with Gasteiger partial charge < -0.3 is 5.32 Å². The third kappa shape index (κ3) is 4.85. The number of nitrogens with one attached hydrogen (secondary N) is 2. The monoisotopic (exact) mass is 453 g/mol. The van der Waals surface area contributed by atoms with E-state index in [0.717, 1.165) is 5.56 Å². The normalized spacial score (nSPS) is 15.1. The van der Waals surface area contributed by atoms with Gasteiger partial charge in [-0.2, -0.15) is 10.1 Å². The fourth-order valence-electron chi connectivity index (χ4n) is 4.06. The summed E-state index contributed by atoms with van der Waals surface area (Å²) < 4.78 is 2.47. The van der Waals surface area contributed by atoms with Gasteiger partial charge in [-0.1, -0.05) is 48.3 Å². The summed E-state index contributed by atoms with van der Waals surface area (Å²) in [4.78, 5) is 30.3. The molecule has 0 bridgehead atoms. The highest BCUT2D eigenvalue weighted by molar-refractivity contribution is 7.22. The molecule has 0 saturated heterocycles. The van der Waals surface area contributed by atoms with Gasteiger partial charge in [0.1, 0.15) is 4.70 Å². The van der Waals surface area contributed by atoms with E-state index < -0.39 is 0 Å². The largest absolute Gasteiger partial charge is 0.350 e. The molecule has 170 valence electrons. The highest BCUT2D eigenvalue weighted by Crippen LogP contribution is 2.32. The minimum atomic E-state index is -0.355. The molecule has 1 fully saturated rings. The second-order valence-corrected chi connectivity index (χ2v) is 10.6. The summed E-state index contributed by atoms with van der Waals surface area (Å²) in [5.74, 6) is 0.141. The number of aryl methyl sites for hydroxylation is 1. The standard InChI is InChI=1S/C24H31N5O2S/c1-15-10-12-17(13-11-15)21(30)27-23-26-20-19(32-23)18(28-29(20)24(2,3)4)22(31)25-14-16-8-6-5-7-9-16/h10-13,16H,5-9,14H2,1-4H3,(H,25,31)(H,26,27,30). The van der Waals surface area contributed by atoms with Crippen LogP contribution in [0.1, 0.15) is 79.3 Å². The Hall–Kier alpha value is -2.74. The van der Waals surface area contributed by atoms with E-state index in [0.29, 0.717) is 39.2 Å². The summed E-state index contributed by atoms with van der Waals surface area (Å²) in [6.07, 6.45) is 6.10. The van der Waals surface area contributed by atoms with Crippen molar-refractivity contribution in [1.29, 1.82) is 0 Å². The van der Waals surface area contributed by atoms with Crippen molar-refractivity contribution in [2.24, 2.45) is 5.92 Å². The zero-order chi connectivity index (χ0) is 22.9. The lowest BCUT2D eigenvalue weighted by molar-refractivity contribution is 0.0938. The van der Waals surface area contributed by atoms with Gasteiger partial charge in [-0.3, -0.25) is 14.9 Å². The number of thiazole rings is 1. The smallest absolute Gasteiger partial charge is 0.273 e. The highest BCUT2D eigenvalue weighted by atomic mass is 32.1. The van der Waals surface area contributed by atoms with Crippen molar-refractivity contribution < 1.29 is 9.59 Å². The molecule has 2 amide bonds. The van der Waals surface area contributed by atoms with E-state index in [1.807, 2.05) is 39.8 Å². The van der Waals surface area contributed by atoms with Crippen molar-refractivity contribution in [3.63, 3.8) is 0 Å². The first-order valence-electron chi connectivity index (χ1n) is 11.3. The summed E-state index contributed by atoms with van der Waals surface area (Å²) in [5.41, 5.74) is 2.30. The van der Waals surface area contributed by atoms with Crippen LogP contribution in [0.2, 0.25) is 0 Å². The average Bonchev–Trinajstić information content (AvgIpc) is 3.31. The van der Waals surface area contributed by atoms with E-state index in [4.69, 9.17) is 0 Å². The zero-order valence-electron chi connectivity index (χ0n) is 19.2. The maximum Gasteiger partial charge on any atom is 0.273 e. The number of anilines is 1. The van der Waals surface area contributed by atoms with Gasteiger partial charge in [0.25, 0.3) is 11.8 Å². The molecule has 1 aliphatic rings.